The maximum atomic E-state index is 13.7. The van der Waals surface area contributed by atoms with E-state index >= 15 is 0 Å². The van der Waals surface area contributed by atoms with Crippen molar-refractivity contribution >= 4 is 24.0 Å². The van der Waals surface area contributed by atoms with Gasteiger partial charge in [0, 0.05) is 18.5 Å². The van der Waals surface area contributed by atoms with E-state index < -0.39 is 24.3 Å². The summed E-state index contributed by atoms with van der Waals surface area (Å²) in [5, 5.41) is 5.43. The van der Waals surface area contributed by atoms with Crippen LogP contribution in [-0.4, -0.2) is 93.1 Å². The number of carbonyl (C=O) groups excluding carboxylic acids is 4. The number of benzene rings is 2. The summed E-state index contributed by atoms with van der Waals surface area (Å²) in [6.07, 6.45) is 5.67. The number of methoxy groups -OCH3 is 2. The molecule has 4 N–H and O–H groups in total. The molecule has 0 bridgehead atoms. The fourth-order valence-corrected chi connectivity index (χ4v) is 8.76. The van der Waals surface area contributed by atoms with Gasteiger partial charge in [0.2, 0.25) is 11.8 Å². The van der Waals surface area contributed by atoms with Gasteiger partial charge in [-0.3, -0.25) is 9.59 Å². The van der Waals surface area contributed by atoms with Crippen LogP contribution >= 0.6 is 0 Å². The van der Waals surface area contributed by atoms with E-state index in [1.807, 2.05) is 49.9 Å². The zero-order valence-corrected chi connectivity index (χ0v) is 34.1. The average molecular weight is 779 g/mol. The number of nitrogens with zero attached hydrogens (tertiary/aromatic N) is 4. The number of H-pyrrole nitrogens is 2. The number of rotatable bonds is 10. The van der Waals surface area contributed by atoms with Gasteiger partial charge in [-0.15, -0.1) is 0 Å². The highest BCUT2D eigenvalue weighted by atomic mass is 16.5. The Balaban J connectivity index is 1.09. The fourth-order valence-electron chi connectivity index (χ4n) is 8.76. The van der Waals surface area contributed by atoms with Gasteiger partial charge in [-0.1, -0.05) is 65.8 Å². The molecule has 1 unspecified atom stereocenters. The number of ether oxygens (including phenoxy) is 2. The molecule has 2 fully saturated rings. The topological polar surface area (TPSA) is 175 Å². The Morgan fingerprint density at radius 3 is 1.47 bits per heavy atom. The third-order valence-electron chi connectivity index (χ3n) is 12.0. The molecule has 7 rings (SSSR count). The largest absolute Gasteiger partial charge is 0.453 e. The highest BCUT2D eigenvalue weighted by Gasteiger charge is 2.40. The van der Waals surface area contributed by atoms with Crippen molar-refractivity contribution in [3.63, 3.8) is 0 Å². The van der Waals surface area contributed by atoms with Crippen molar-refractivity contribution in [3.05, 3.63) is 71.6 Å². The highest BCUT2D eigenvalue weighted by Crippen LogP contribution is 2.50. The van der Waals surface area contributed by atoms with E-state index in [0.29, 0.717) is 13.1 Å². The smallest absolute Gasteiger partial charge is 0.407 e. The van der Waals surface area contributed by atoms with Crippen LogP contribution in [0.25, 0.3) is 33.6 Å². The van der Waals surface area contributed by atoms with Crippen molar-refractivity contribution in [2.45, 2.75) is 96.8 Å². The number of aromatic nitrogens is 4. The molecule has 0 saturated carbocycles. The molecule has 57 heavy (non-hydrogen) atoms. The number of amides is 4. The first-order valence-corrected chi connectivity index (χ1v) is 19.9. The molecule has 14 nitrogen and oxygen atoms in total. The summed E-state index contributed by atoms with van der Waals surface area (Å²) < 4.78 is 9.57. The summed E-state index contributed by atoms with van der Waals surface area (Å²) in [7, 11) is 2.59. The van der Waals surface area contributed by atoms with Crippen LogP contribution in [0.2, 0.25) is 0 Å². The number of hydrogen-bond donors (Lipinski definition) is 4. The average Bonchev–Trinajstić information content (AvgIpc) is 4.05. The Bertz CT molecular complexity index is 2020. The van der Waals surface area contributed by atoms with Crippen LogP contribution in [0.4, 0.5) is 9.59 Å². The normalized spacial score (nSPS) is 19.3. The summed E-state index contributed by atoms with van der Waals surface area (Å²) >= 11 is 0. The Labute approximate surface area is 333 Å². The summed E-state index contributed by atoms with van der Waals surface area (Å²) in [6, 6.07) is 11.2. The molecule has 14 heteroatoms. The Hall–Kier alpha value is -5.66. The number of alkyl carbamates (subject to hydrolysis) is 2. The molecule has 3 aliphatic rings. The van der Waals surface area contributed by atoms with Crippen molar-refractivity contribution in [1.29, 1.82) is 0 Å². The predicted molar refractivity (Wildman–Crippen MR) is 215 cm³/mol. The van der Waals surface area contributed by atoms with Crippen LogP contribution < -0.4 is 10.6 Å². The number of fused-ring (bicyclic) bond motifs is 3. The minimum absolute atomic E-state index is 0.112. The summed E-state index contributed by atoms with van der Waals surface area (Å²) in [5.74, 6) is 0.951. The third kappa shape index (κ3) is 7.37. The van der Waals surface area contributed by atoms with Gasteiger partial charge < -0.3 is 39.9 Å². The first-order chi connectivity index (χ1) is 27.2. The lowest BCUT2D eigenvalue weighted by Crippen LogP contribution is -2.51. The number of nitrogens with one attached hydrogen (secondary N) is 4. The lowest BCUT2D eigenvalue weighted by Gasteiger charge is -2.30. The lowest BCUT2D eigenvalue weighted by molar-refractivity contribution is -0.136. The van der Waals surface area contributed by atoms with Crippen molar-refractivity contribution in [3.8, 4) is 33.6 Å². The molecule has 2 aliphatic heterocycles. The first kappa shape index (κ1) is 39.6. The molecule has 2 saturated heterocycles. The molecule has 4 atom stereocenters. The van der Waals surface area contributed by atoms with Crippen molar-refractivity contribution in [2.75, 3.05) is 27.3 Å². The summed E-state index contributed by atoms with van der Waals surface area (Å²) in [5.41, 5.74) is 8.24. The van der Waals surface area contributed by atoms with E-state index in [1.54, 1.807) is 0 Å². The van der Waals surface area contributed by atoms with E-state index in [-0.39, 0.29) is 41.1 Å². The zero-order chi connectivity index (χ0) is 40.8. The minimum atomic E-state index is -0.696. The maximum absolute atomic E-state index is 13.7. The SMILES string of the molecule is COC(=O)N[C@H](C(=O)N1CCCC1c1ncc(-c2ccc3c(c2)C(C)(C)c2cc(-c4cnc([C@@H]5CCCN5C(=O)[C@@H](NC(=O)OC)C(C)C)[nH]4)ccc2-3)[nH]1)C(C)C. The Kier molecular flexibility index (Phi) is 10.9. The second-order valence-corrected chi connectivity index (χ2v) is 16.6. The second-order valence-electron chi connectivity index (χ2n) is 16.6. The lowest BCUT2D eigenvalue weighted by atomic mass is 9.81. The first-order valence-electron chi connectivity index (χ1n) is 19.9. The molecular formula is C43H54N8O6. The zero-order valence-electron chi connectivity index (χ0n) is 34.1. The molecule has 4 aromatic rings. The quantitative estimate of drug-likeness (QED) is 0.135. The number of imidazole rings is 2. The highest BCUT2D eigenvalue weighted by molar-refractivity contribution is 5.88. The number of hydrogen-bond acceptors (Lipinski definition) is 8. The minimum Gasteiger partial charge on any atom is -0.453 e. The monoisotopic (exact) mass is 778 g/mol. The van der Waals surface area contributed by atoms with Gasteiger partial charge in [-0.2, -0.15) is 0 Å². The van der Waals surface area contributed by atoms with Gasteiger partial charge in [-0.05, 0) is 83.0 Å². The van der Waals surface area contributed by atoms with E-state index in [9.17, 15) is 19.2 Å². The van der Waals surface area contributed by atoms with Crippen molar-refractivity contribution in [2.24, 2.45) is 11.8 Å². The number of aromatic amines is 2. The molecule has 1 aliphatic carbocycles. The van der Waals surface area contributed by atoms with E-state index in [4.69, 9.17) is 19.4 Å². The van der Waals surface area contributed by atoms with Crippen LogP contribution in [0.1, 0.15) is 102 Å². The Morgan fingerprint density at radius 2 is 1.11 bits per heavy atom. The van der Waals surface area contributed by atoms with Gasteiger partial charge in [0.05, 0.1) is 50.1 Å². The van der Waals surface area contributed by atoms with Crippen molar-refractivity contribution in [1.82, 2.24) is 40.4 Å². The Morgan fingerprint density at radius 1 is 0.702 bits per heavy atom. The van der Waals surface area contributed by atoms with Crippen LogP contribution in [0.3, 0.4) is 0 Å². The van der Waals surface area contributed by atoms with Crippen molar-refractivity contribution < 1.29 is 28.7 Å². The molecule has 0 radical (unpaired) electrons. The van der Waals surface area contributed by atoms with Crippen LogP contribution in [0.15, 0.2) is 48.8 Å². The van der Waals surface area contributed by atoms with Crippen LogP contribution in [-0.2, 0) is 24.5 Å². The summed E-state index contributed by atoms with van der Waals surface area (Å²) in [6.45, 7) is 13.3. The summed E-state index contributed by atoms with van der Waals surface area (Å²) in [4.78, 5) is 71.6. The van der Waals surface area contributed by atoms with Crippen LogP contribution in [0.5, 0.6) is 0 Å². The molecular weight excluding hydrogens is 725 g/mol. The number of carbonyl (C=O) groups is 4. The number of likely N-dealkylation sites (tertiary alicyclic amines) is 2. The van der Waals surface area contributed by atoms with Gasteiger partial charge in [0.15, 0.2) is 0 Å². The molecule has 2 aromatic heterocycles. The van der Waals surface area contributed by atoms with E-state index in [0.717, 1.165) is 59.8 Å². The molecule has 302 valence electrons. The van der Waals surface area contributed by atoms with E-state index in [1.165, 1.54) is 36.5 Å². The van der Waals surface area contributed by atoms with Gasteiger partial charge in [0.1, 0.15) is 23.7 Å². The fraction of sp³-hybridized carbons (Fsp3) is 0.488. The molecule has 4 amide bonds. The maximum Gasteiger partial charge on any atom is 0.407 e. The third-order valence-corrected chi connectivity index (χ3v) is 12.0. The van der Waals surface area contributed by atoms with Crippen LogP contribution in [0, 0.1) is 11.8 Å². The van der Waals surface area contributed by atoms with E-state index in [2.05, 4.69) is 70.8 Å². The van der Waals surface area contributed by atoms with Gasteiger partial charge in [0.25, 0.3) is 0 Å². The van der Waals surface area contributed by atoms with Gasteiger partial charge in [-0.25, -0.2) is 19.6 Å². The second kappa shape index (κ2) is 15.7. The predicted octanol–water partition coefficient (Wildman–Crippen LogP) is 6.86. The molecule has 2 aromatic carbocycles. The standard InChI is InChI=1S/C43H54N8O6/c1-23(2)35(48-41(54)56-7)39(52)50-17-9-11-33(50)37-44-21-31(46-37)25-13-15-27-28-16-14-26(20-30(28)43(5,6)29(27)19-25)32-22-45-38(47-32)34-12-10-18-51(34)40(53)36(24(3)4)49-42(55)57-8/h13-16,19-24,33-36H,9-12,17-18H2,1-8H3,(H,44,46)(H,45,47)(H,48,54)(H,49,55)/t33-,34?,35-,36-/m0/s1. The molecule has 0 spiro atoms. The van der Waals surface area contributed by atoms with Gasteiger partial charge >= 0.3 is 12.2 Å². The molecule has 4 heterocycles.